The first-order valence-electron chi connectivity index (χ1n) is 7.98. The van der Waals surface area contributed by atoms with Crippen LogP contribution in [0, 0.1) is 0 Å². The van der Waals surface area contributed by atoms with Gasteiger partial charge in [0.15, 0.2) is 0 Å². The summed E-state index contributed by atoms with van der Waals surface area (Å²) in [6.45, 7) is 2.51. The van der Waals surface area contributed by atoms with Crippen molar-refractivity contribution in [1.29, 1.82) is 0 Å². The first kappa shape index (κ1) is 18.2. The molecule has 138 valence electrons. The molecule has 26 heavy (non-hydrogen) atoms. The molecule has 0 saturated heterocycles. The number of aromatic nitrogens is 5. The minimum atomic E-state index is -1.87. The molecule has 0 saturated carbocycles. The van der Waals surface area contributed by atoms with Crippen LogP contribution in [0.5, 0.6) is 0 Å². The lowest BCUT2D eigenvalue weighted by molar-refractivity contribution is 0.400. The number of hydrogen-bond acceptors (Lipinski definition) is 5. The molecule has 3 rings (SSSR count). The minimum Gasteiger partial charge on any atom is -0.327 e. The Kier molecular flexibility index (Phi) is 5.43. The first-order chi connectivity index (χ1) is 12.5. The van der Waals surface area contributed by atoms with Gasteiger partial charge < -0.3 is 5.73 Å². The zero-order valence-electron chi connectivity index (χ0n) is 14.1. The Balaban J connectivity index is 1.76. The third kappa shape index (κ3) is 3.81. The molecule has 3 aromatic heterocycles. The smallest absolute Gasteiger partial charge is 0.327 e. The van der Waals surface area contributed by atoms with E-state index in [-0.39, 0.29) is 18.7 Å². The molecule has 3 heterocycles. The zero-order valence-corrected chi connectivity index (χ0v) is 14.9. The summed E-state index contributed by atoms with van der Waals surface area (Å²) in [7, 11) is 0. The monoisotopic (exact) mass is 380 g/mol. The van der Waals surface area contributed by atoms with Crippen molar-refractivity contribution in [3.05, 3.63) is 57.9 Å². The van der Waals surface area contributed by atoms with Crippen molar-refractivity contribution in [2.75, 3.05) is 6.54 Å². The summed E-state index contributed by atoms with van der Waals surface area (Å²) in [4.78, 5) is 14.3. The Hall–Kier alpha value is -2.59. The van der Waals surface area contributed by atoms with E-state index in [9.17, 15) is 13.6 Å². The third-order valence-electron chi connectivity index (χ3n) is 3.88. The fraction of sp³-hybridized carbons (Fsp3) is 0.312. The molecule has 3 aromatic rings. The summed E-state index contributed by atoms with van der Waals surface area (Å²) in [5.41, 5.74) is 5.54. The Bertz CT molecular complexity index is 979. The molecular formula is C16H18F2N6OS. The summed E-state index contributed by atoms with van der Waals surface area (Å²) >= 11 is 1.55. The van der Waals surface area contributed by atoms with Gasteiger partial charge in [-0.2, -0.15) is 19.0 Å². The lowest BCUT2D eigenvalue weighted by Gasteiger charge is -2.02. The SMILES string of the molecule is CCn1cc(-c2ccc(Cn3cnn(CC(CN)=C(F)F)c3=O)s2)cn1. The van der Waals surface area contributed by atoms with E-state index in [1.165, 1.54) is 10.9 Å². The average molecular weight is 380 g/mol. The van der Waals surface area contributed by atoms with E-state index in [1.54, 1.807) is 17.5 Å². The highest BCUT2D eigenvalue weighted by Gasteiger charge is 2.12. The van der Waals surface area contributed by atoms with Crippen LogP contribution < -0.4 is 11.4 Å². The summed E-state index contributed by atoms with van der Waals surface area (Å²) in [5, 5.41) is 8.15. The number of rotatable bonds is 7. The highest BCUT2D eigenvalue weighted by molar-refractivity contribution is 7.15. The average Bonchev–Trinajstić information content (AvgIpc) is 3.34. The molecular weight excluding hydrogens is 362 g/mol. The van der Waals surface area contributed by atoms with Crippen molar-refractivity contribution < 1.29 is 8.78 Å². The van der Waals surface area contributed by atoms with E-state index in [2.05, 4.69) is 10.2 Å². The number of thiophene rings is 1. The van der Waals surface area contributed by atoms with E-state index < -0.39 is 11.8 Å². The van der Waals surface area contributed by atoms with Crippen LogP contribution in [0.4, 0.5) is 8.78 Å². The maximum absolute atomic E-state index is 12.7. The first-order valence-corrected chi connectivity index (χ1v) is 8.80. The second-order valence-electron chi connectivity index (χ2n) is 5.62. The third-order valence-corrected chi connectivity index (χ3v) is 5.00. The van der Waals surface area contributed by atoms with Gasteiger partial charge in [-0.25, -0.2) is 9.48 Å². The van der Waals surface area contributed by atoms with Gasteiger partial charge in [-0.05, 0) is 19.1 Å². The van der Waals surface area contributed by atoms with E-state index >= 15 is 0 Å². The Morgan fingerprint density at radius 3 is 2.77 bits per heavy atom. The van der Waals surface area contributed by atoms with Crippen LogP contribution >= 0.6 is 11.3 Å². The molecule has 0 bridgehead atoms. The van der Waals surface area contributed by atoms with Gasteiger partial charge in [0, 0.05) is 40.2 Å². The number of halogens is 2. The van der Waals surface area contributed by atoms with Gasteiger partial charge in [-0.1, -0.05) is 0 Å². The van der Waals surface area contributed by atoms with Gasteiger partial charge in [0.25, 0.3) is 6.08 Å². The molecule has 0 amide bonds. The fourth-order valence-electron chi connectivity index (χ4n) is 2.42. The lowest BCUT2D eigenvalue weighted by atomic mass is 10.3. The highest BCUT2D eigenvalue weighted by Crippen LogP contribution is 2.28. The second kappa shape index (κ2) is 7.75. The molecule has 0 unspecified atom stereocenters. The van der Waals surface area contributed by atoms with Crippen LogP contribution in [0.1, 0.15) is 11.8 Å². The molecule has 0 radical (unpaired) electrons. The van der Waals surface area contributed by atoms with E-state index in [4.69, 9.17) is 5.73 Å². The molecule has 0 aliphatic carbocycles. The summed E-state index contributed by atoms with van der Waals surface area (Å²) in [5.74, 6) is 0. The fourth-order valence-corrected chi connectivity index (χ4v) is 3.40. The molecule has 7 nitrogen and oxygen atoms in total. The molecule has 0 aliphatic rings. The van der Waals surface area contributed by atoms with Crippen molar-refractivity contribution >= 4 is 11.3 Å². The van der Waals surface area contributed by atoms with E-state index in [1.807, 2.05) is 29.9 Å². The molecule has 0 aliphatic heterocycles. The molecule has 0 spiro atoms. The normalized spacial score (nSPS) is 11.1. The van der Waals surface area contributed by atoms with Crippen LogP contribution in [0.25, 0.3) is 10.4 Å². The van der Waals surface area contributed by atoms with E-state index in [0.29, 0.717) is 6.54 Å². The van der Waals surface area contributed by atoms with Crippen molar-refractivity contribution in [3.8, 4) is 10.4 Å². The van der Waals surface area contributed by atoms with E-state index in [0.717, 1.165) is 26.5 Å². The molecule has 0 fully saturated rings. The Morgan fingerprint density at radius 1 is 1.31 bits per heavy atom. The maximum Gasteiger partial charge on any atom is 0.346 e. The van der Waals surface area contributed by atoms with Gasteiger partial charge in [0.05, 0.1) is 19.3 Å². The number of hydrogen-bond donors (Lipinski definition) is 1. The molecule has 2 N–H and O–H groups in total. The Labute approximate surface area is 152 Å². The second-order valence-corrected chi connectivity index (χ2v) is 6.79. The van der Waals surface area contributed by atoms with Gasteiger partial charge >= 0.3 is 5.69 Å². The molecule has 10 heteroatoms. The number of aryl methyl sites for hydroxylation is 1. The molecule has 0 aromatic carbocycles. The zero-order chi connectivity index (χ0) is 18.7. The largest absolute Gasteiger partial charge is 0.346 e. The highest BCUT2D eigenvalue weighted by atomic mass is 32.1. The standard InChI is InChI=1S/C16H18F2N6OS/c1-2-23-7-12(6-20-23)14-4-3-13(26-14)9-22-10-21-24(16(22)25)8-11(5-19)15(17)18/h3-4,6-7,10H,2,5,8-9,19H2,1H3. The van der Waals surface area contributed by atoms with Crippen LogP contribution in [-0.2, 0) is 19.6 Å². The predicted octanol–water partition coefficient (Wildman–Crippen LogP) is 2.15. The summed E-state index contributed by atoms with van der Waals surface area (Å²) in [6.07, 6.45) is 3.24. The summed E-state index contributed by atoms with van der Waals surface area (Å²) in [6, 6.07) is 3.90. The van der Waals surface area contributed by atoms with Crippen molar-refractivity contribution in [2.24, 2.45) is 5.73 Å². The predicted molar refractivity (Wildman–Crippen MR) is 95.1 cm³/mol. The molecule has 0 atom stereocenters. The number of nitrogens with zero attached hydrogens (tertiary/aromatic N) is 5. The summed E-state index contributed by atoms with van der Waals surface area (Å²) < 4.78 is 29.6. The van der Waals surface area contributed by atoms with Crippen molar-refractivity contribution in [2.45, 2.75) is 26.6 Å². The van der Waals surface area contributed by atoms with Crippen LogP contribution in [0.2, 0.25) is 0 Å². The maximum atomic E-state index is 12.7. The van der Waals surface area contributed by atoms with Gasteiger partial charge in [-0.3, -0.25) is 9.25 Å². The number of nitrogens with two attached hydrogens (primary N) is 1. The van der Waals surface area contributed by atoms with Crippen LogP contribution in [0.3, 0.4) is 0 Å². The van der Waals surface area contributed by atoms with Crippen LogP contribution in [0.15, 0.2) is 47.3 Å². The minimum absolute atomic E-state index is 0.302. The van der Waals surface area contributed by atoms with Crippen molar-refractivity contribution in [1.82, 2.24) is 24.1 Å². The van der Waals surface area contributed by atoms with Crippen molar-refractivity contribution in [3.63, 3.8) is 0 Å². The van der Waals surface area contributed by atoms with Gasteiger partial charge in [0.1, 0.15) is 6.33 Å². The quantitative estimate of drug-likeness (QED) is 0.681. The van der Waals surface area contributed by atoms with Gasteiger partial charge in [-0.15, -0.1) is 11.3 Å². The van der Waals surface area contributed by atoms with Gasteiger partial charge in [0.2, 0.25) is 0 Å². The lowest BCUT2D eigenvalue weighted by Crippen LogP contribution is -2.27. The topological polar surface area (TPSA) is 83.7 Å². The Morgan fingerprint density at radius 2 is 2.12 bits per heavy atom. The van der Waals surface area contributed by atoms with Crippen LogP contribution in [-0.4, -0.2) is 30.7 Å².